The van der Waals surface area contributed by atoms with E-state index in [9.17, 15) is 5.11 Å². The molecule has 0 fully saturated rings. The van der Waals surface area contributed by atoms with E-state index in [1.807, 2.05) is 76.2 Å². The molecule has 5 aromatic rings. The van der Waals surface area contributed by atoms with Gasteiger partial charge in [0.1, 0.15) is 23.1 Å². The molecule has 0 spiro atoms. The summed E-state index contributed by atoms with van der Waals surface area (Å²) < 4.78 is 7.80. The average molecular weight is 460 g/mol. The maximum atomic E-state index is 9.68. The van der Waals surface area contributed by atoms with Gasteiger partial charge in [0.05, 0.1) is 23.7 Å². The first-order valence-electron chi connectivity index (χ1n) is 10.2. The molecule has 0 atom stereocenters. The van der Waals surface area contributed by atoms with E-state index in [0.29, 0.717) is 13.2 Å². The van der Waals surface area contributed by atoms with Crippen LogP contribution in [-0.4, -0.2) is 19.9 Å². The minimum Gasteiger partial charge on any atom is -0.487 e. The molecule has 160 valence electrons. The molecule has 0 unspecified atom stereocenters. The molecule has 2 aromatic carbocycles. The maximum absolute atomic E-state index is 9.68. The van der Waals surface area contributed by atoms with E-state index in [2.05, 4.69) is 22.2 Å². The van der Waals surface area contributed by atoms with Crippen LogP contribution in [0.1, 0.15) is 16.8 Å². The van der Waals surface area contributed by atoms with Gasteiger partial charge in [-0.1, -0.05) is 48.5 Å². The third-order valence-corrected chi connectivity index (χ3v) is 6.81. The molecule has 32 heavy (non-hydrogen) atoms. The highest BCUT2D eigenvalue weighted by Crippen LogP contribution is 2.27. The molecule has 7 heteroatoms. The molecule has 0 aliphatic carbocycles. The van der Waals surface area contributed by atoms with Crippen LogP contribution in [0.3, 0.4) is 0 Å². The number of hydrogen-bond donors (Lipinski definition) is 1. The van der Waals surface area contributed by atoms with Crippen molar-refractivity contribution in [2.75, 3.05) is 0 Å². The summed E-state index contributed by atoms with van der Waals surface area (Å²) in [5.74, 6) is 0.804. The van der Waals surface area contributed by atoms with Crippen LogP contribution >= 0.6 is 22.7 Å². The van der Waals surface area contributed by atoms with Crippen molar-refractivity contribution in [1.82, 2.24) is 14.8 Å². The smallest absolute Gasteiger partial charge is 0.131 e. The van der Waals surface area contributed by atoms with Crippen molar-refractivity contribution in [3.8, 4) is 26.9 Å². The summed E-state index contributed by atoms with van der Waals surface area (Å²) in [5, 5.41) is 19.4. The van der Waals surface area contributed by atoms with Gasteiger partial charge in [-0.2, -0.15) is 5.10 Å². The number of aliphatic hydroxyl groups is 1. The molecule has 5 rings (SSSR count). The highest BCUT2D eigenvalue weighted by Gasteiger charge is 2.12. The third-order valence-electron chi connectivity index (χ3n) is 4.99. The Bertz CT molecular complexity index is 1280. The number of benzene rings is 2. The van der Waals surface area contributed by atoms with E-state index in [1.54, 1.807) is 22.7 Å². The number of aliphatic hydroxyl groups excluding tert-OH is 1. The summed E-state index contributed by atoms with van der Waals surface area (Å²) in [7, 11) is 0. The van der Waals surface area contributed by atoms with Crippen molar-refractivity contribution in [1.29, 1.82) is 0 Å². The van der Waals surface area contributed by atoms with Gasteiger partial charge in [-0.3, -0.25) is 4.68 Å². The lowest BCUT2D eigenvalue weighted by atomic mass is 10.2. The van der Waals surface area contributed by atoms with Crippen LogP contribution in [-0.2, 0) is 19.8 Å². The number of thiophene rings is 1. The zero-order chi connectivity index (χ0) is 21.8. The summed E-state index contributed by atoms with van der Waals surface area (Å²) in [6.45, 7) is 1.04. The first kappa shape index (κ1) is 20.6. The van der Waals surface area contributed by atoms with Crippen molar-refractivity contribution >= 4 is 22.7 Å². The monoisotopic (exact) mass is 459 g/mol. The molecule has 0 radical (unpaired) electrons. The van der Waals surface area contributed by atoms with Gasteiger partial charge >= 0.3 is 0 Å². The second kappa shape index (κ2) is 9.48. The Kier molecular flexibility index (Phi) is 6.11. The van der Waals surface area contributed by atoms with Crippen LogP contribution in [0, 0.1) is 0 Å². The van der Waals surface area contributed by atoms with E-state index >= 15 is 0 Å². The van der Waals surface area contributed by atoms with E-state index in [4.69, 9.17) is 4.74 Å². The Morgan fingerprint density at radius 1 is 0.938 bits per heavy atom. The summed E-state index contributed by atoms with van der Waals surface area (Å²) in [6.07, 6.45) is 1.91. The molecule has 0 aliphatic heterocycles. The topological polar surface area (TPSA) is 60.2 Å². The SMILES string of the molecule is OCc1cn(Cc2ccc(OCc3csc(-c4ccccc4)n3)cc2)nc1-c1cccs1. The number of hydrogen-bond acceptors (Lipinski definition) is 6. The Morgan fingerprint density at radius 3 is 2.53 bits per heavy atom. The summed E-state index contributed by atoms with van der Waals surface area (Å²) in [5.41, 5.74) is 4.85. The van der Waals surface area contributed by atoms with Gasteiger partial charge in [-0.15, -0.1) is 22.7 Å². The molecule has 0 saturated heterocycles. The predicted octanol–water partition coefficient (Wildman–Crippen LogP) is 5.85. The van der Waals surface area contributed by atoms with Crippen LogP contribution in [0.5, 0.6) is 5.75 Å². The quantitative estimate of drug-likeness (QED) is 0.316. The zero-order valence-corrected chi connectivity index (χ0v) is 18.9. The van der Waals surface area contributed by atoms with Gasteiger partial charge in [-0.05, 0) is 29.1 Å². The molecule has 5 nitrogen and oxygen atoms in total. The van der Waals surface area contributed by atoms with Gasteiger partial charge in [-0.25, -0.2) is 4.98 Å². The van der Waals surface area contributed by atoms with Crippen molar-refractivity contribution in [2.45, 2.75) is 19.8 Å². The average Bonchev–Trinajstić information content (AvgIpc) is 3.60. The largest absolute Gasteiger partial charge is 0.487 e. The van der Waals surface area contributed by atoms with Crippen molar-refractivity contribution in [3.05, 3.63) is 101 Å². The summed E-state index contributed by atoms with van der Waals surface area (Å²) in [4.78, 5) is 5.73. The molecule has 3 heterocycles. The number of thiazole rings is 1. The Hall–Kier alpha value is -3.26. The lowest BCUT2D eigenvalue weighted by molar-refractivity contribution is 0.282. The second-order valence-corrected chi connectivity index (χ2v) is 9.08. The fourth-order valence-electron chi connectivity index (χ4n) is 3.40. The van der Waals surface area contributed by atoms with Gasteiger partial charge in [0.15, 0.2) is 0 Å². The Labute approximate surface area is 194 Å². The normalized spacial score (nSPS) is 11.0. The molecule has 3 aromatic heterocycles. The molecule has 0 amide bonds. The highest BCUT2D eigenvalue weighted by molar-refractivity contribution is 7.13. The minimum absolute atomic E-state index is 0.0252. The van der Waals surface area contributed by atoms with Crippen molar-refractivity contribution in [3.63, 3.8) is 0 Å². The third kappa shape index (κ3) is 4.65. The summed E-state index contributed by atoms with van der Waals surface area (Å²) in [6, 6.07) is 22.2. The van der Waals surface area contributed by atoms with E-state index < -0.39 is 0 Å². The van der Waals surface area contributed by atoms with E-state index in [0.717, 1.165) is 43.7 Å². The molecule has 0 saturated carbocycles. The second-order valence-electron chi connectivity index (χ2n) is 7.28. The molecular formula is C25H21N3O2S2. The standard InChI is InChI=1S/C25H21N3O2S2/c29-15-20-14-28(27-24(20)23-7-4-12-31-23)13-18-8-10-22(11-9-18)30-16-21-17-32-25(26-21)19-5-2-1-3-6-19/h1-12,14,17,29H,13,15-16H2. The zero-order valence-electron chi connectivity index (χ0n) is 17.2. The number of rotatable bonds is 8. The molecule has 1 N–H and O–H groups in total. The Balaban J connectivity index is 1.21. The molecular weight excluding hydrogens is 438 g/mol. The van der Waals surface area contributed by atoms with Crippen LogP contribution in [0.4, 0.5) is 0 Å². The molecule has 0 bridgehead atoms. The predicted molar refractivity (Wildman–Crippen MR) is 129 cm³/mol. The van der Waals surface area contributed by atoms with Crippen LogP contribution in [0.25, 0.3) is 21.1 Å². The fourth-order valence-corrected chi connectivity index (χ4v) is 4.96. The lowest BCUT2D eigenvalue weighted by Crippen LogP contribution is -2.01. The van der Waals surface area contributed by atoms with Gasteiger partial charge in [0, 0.05) is 22.7 Å². The minimum atomic E-state index is -0.0252. The Morgan fingerprint density at radius 2 is 1.78 bits per heavy atom. The lowest BCUT2D eigenvalue weighted by Gasteiger charge is -2.06. The highest BCUT2D eigenvalue weighted by atomic mass is 32.1. The number of ether oxygens (including phenoxy) is 1. The van der Waals surface area contributed by atoms with Gasteiger partial charge in [0.2, 0.25) is 0 Å². The van der Waals surface area contributed by atoms with Crippen molar-refractivity contribution in [2.24, 2.45) is 0 Å². The fraction of sp³-hybridized carbons (Fsp3) is 0.120. The van der Waals surface area contributed by atoms with Crippen LogP contribution < -0.4 is 4.74 Å². The van der Waals surface area contributed by atoms with E-state index in [-0.39, 0.29) is 6.61 Å². The maximum Gasteiger partial charge on any atom is 0.131 e. The first-order chi connectivity index (χ1) is 15.8. The molecule has 0 aliphatic rings. The van der Waals surface area contributed by atoms with Gasteiger partial charge < -0.3 is 9.84 Å². The van der Waals surface area contributed by atoms with Crippen molar-refractivity contribution < 1.29 is 9.84 Å². The van der Waals surface area contributed by atoms with Crippen LogP contribution in [0.2, 0.25) is 0 Å². The van der Waals surface area contributed by atoms with Gasteiger partial charge in [0.25, 0.3) is 0 Å². The van der Waals surface area contributed by atoms with E-state index in [1.165, 1.54) is 0 Å². The number of aromatic nitrogens is 3. The van der Waals surface area contributed by atoms with Crippen LogP contribution in [0.15, 0.2) is 83.7 Å². The number of nitrogens with zero attached hydrogens (tertiary/aromatic N) is 3. The summed E-state index contributed by atoms with van der Waals surface area (Å²) >= 11 is 3.25. The first-order valence-corrected chi connectivity index (χ1v) is 12.0.